The highest BCUT2D eigenvalue weighted by Crippen LogP contribution is 2.36. The van der Waals surface area contributed by atoms with Crippen molar-refractivity contribution >= 4 is 57.9 Å². The van der Waals surface area contributed by atoms with Crippen LogP contribution in [0.4, 0.5) is 32.6 Å². The van der Waals surface area contributed by atoms with Gasteiger partial charge in [-0.1, -0.05) is 18.2 Å². The van der Waals surface area contributed by atoms with Crippen LogP contribution in [-0.2, 0) is 32.7 Å². The molecule has 0 saturated carbocycles. The number of carbonyl (C=O) groups is 4. The van der Waals surface area contributed by atoms with Crippen LogP contribution in [0, 0.1) is 10.1 Å². The molecule has 6 N–H and O–H groups in total. The quantitative estimate of drug-likeness (QED) is 0.0603. The number of piperazine rings is 1. The zero-order chi connectivity index (χ0) is 50.6. The molecule has 2 aliphatic rings. The molecule has 7 rings (SSSR count). The second-order valence-corrected chi connectivity index (χ2v) is 16.8. The number of methoxy groups -OCH3 is 1. The standard InChI is InChI=1S/C44H54N12O14/c1-24(54-18-14-50(2)15-19-54)38(60)46-29-9-7-8-26-27(28-12-13-45-42(47-28)48-30-22-53(5)49-39(30)67-6)21-55(33(26)29)43(63)51(3)16-17-52(4)44(64)68-23-25-10-11-32(31(20-25)56(65)66)69-41-36(59)34(57)35(58)37(70-41)40(61)62/h7-13,20-22,24,34-37,41,57-59H,14-19,23H2,1-6H3,(H,46,60)(H,61,62)(H,45,47,48)/t24-,34+,35+,36-,37+,41-/m1/s1. The topological polar surface area (TPSA) is 315 Å². The van der Waals surface area contributed by atoms with Crippen LogP contribution >= 0.6 is 0 Å². The van der Waals surface area contributed by atoms with Crippen LogP contribution in [0.15, 0.2) is 61.1 Å². The number of nitro groups is 1. The van der Waals surface area contributed by atoms with E-state index < -0.39 is 77.8 Å². The number of nitrogens with one attached hydrogen (secondary N) is 2. The molecular weight excluding hydrogens is 921 g/mol. The van der Waals surface area contributed by atoms with Crippen LogP contribution in [0.5, 0.6) is 11.6 Å². The van der Waals surface area contributed by atoms with Gasteiger partial charge in [0.2, 0.25) is 18.1 Å². The molecule has 3 amide bonds. The zero-order valence-corrected chi connectivity index (χ0v) is 39.0. The number of nitro benzene ring substituents is 1. The van der Waals surface area contributed by atoms with Crippen molar-refractivity contribution in [3.8, 4) is 22.9 Å². The minimum atomic E-state index is -2.00. The van der Waals surface area contributed by atoms with Crippen molar-refractivity contribution in [2.24, 2.45) is 7.05 Å². The molecule has 6 atom stereocenters. The number of rotatable bonds is 16. The Balaban J connectivity index is 1.06. The molecule has 0 aliphatic carbocycles. The average molecular weight is 975 g/mol. The SMILES string of the molecule is COc1nn(C)cc1Nc1nccc(-c2cn(C(=O)N(C)CCN(C)C(=O)OCc3ccc(O[C@@H]4O[C@H](C(=O)O)[C@@H](O)[C@H](O)[C@H]4O)c([N+](=O)[O-])c3)c3c(NC(=O)[C@@H](C)N4CCN(C)CC4)cccc23)n1. The number of aliphatic hydroxyl groups excluding tert-OH is 3. The number of ether oxygens (including phenoxy) is 4. The van der Waals surface area contributed by atoms with Gasteiger partial charge in [0, 0.05) is 89.8 Å². The minimum Gasteiger partial charge on any atom is -0.479 e. The number of hydrogen-bond donors (Lipinski definition) is 6. The van der Waals surface area contributed by atoms with Crippen LogP contribution in [0.1, 0.15) is 12.5 Å². The first-order valence-electron chi connectivity index (χ1n) is 21.9. The number of carboxylic acids is 1. The highest BCUT2D eigenvalue weighted by molar-refractivity contribution is 6.10. The molecule has 2 aromatic carbocycles. The number of aliphatic hydroxyl groups is 3. The number of nitrogens with zero attached hydrogens (tertiary/aromatic N) is 10. The number of hydrogen-bond acceptors (Lipinski definition) is 19. The molecular formula is C44H54N12O14. The Morgan fingerprint density at radius 3 is 2.40 bits per heavy atom. The molecule has 3 aromatic heterocycles. The lowest BCUT2D eigenvalue weighted by Gasteiger charge is -2.38. The molecule has 70 heavy (non-hydrogen) atoms. The summed E-state index contributed by atoms with van der Waals surface area (Å²) in [4.78, 5) is 80.2. The van der Waals surface area contributed by atoms with Gasteiger partial charge in [0.25, 0.3) is 5.88 Å². The third-order valence-corrected chi connectivity index (χ3v) is 12.0. The fraction of sp³-hybridized carbons (Fsp3) is 0.432. The summed E-state index contributed by atoms with van der Waals surface area (Å²) in [5.74, 6) is -1.84. The number of para-hydroxylation sites is 1. The Bertz CT molecular complexity index is 2740. The van der Waals surface area contributed by atoms with Crippen molar-refractivity contribution in [1.82, 2.24) is 43.9 Å². The van der Waals surface area contributed by atoms with Crippen LogP contribution in [0.2, 0.25) is 0 Å². The van der Waals surface area contributed by atoms with E-state index in [0.717, 1.165) is 25.2 Å². The first-order valence-corrected chi connectivity index (χ1v) is 21.9. The van der Waals surface area contributed by atoms with Crippen molar-refractivity contribution in [3.63, 3.8) is 0 Å². The number of anilines is 3. The van der Waals surface area contributed by atoms with E-state index in [-0.39, 0.29) is 30.5 Å². The van der Waals surface area contributed by atoms with Gasteiger partial charge in [-0.25, -0.2) is 24.4 Å². The van der Waals surface area contributed by atoms with Crippen LogP contribution < -0.4 is 20.1 Å². The normalized spacial score (nSPS) is 20.0. The Kier molecular flexibility index (Phi) is 15.4. The molecule has 2 fully saturated rings. The fourth-order valence-corrected chi connectivity index (χ4v) is 7.84. The number of aromatic nitrogens is 5. The van der Waals surface area contributed by atoms with E-state index in [2.05, 4.69) is 30.5 Å². The summed E-state index contributed by atoms with van der Waals surface area (Å²) in [6, 6.07) is 9.47. The molecule has 2 saturated heterocycles. The lowest BCUT2D eigenvalue weighted by atomic mass is 9.99. The van der Waals surface area contributed by atoms with Crippen molar-refractivity contribution in [3.05, 3.63) is 76.7 Å². The Morgan fingerprint density at radius 2 is 1.70 bits per heavy atom. The summed E-state index contributed by atoms with van der Waals surface area (Å²) < 4.78 is 24.2. The number of benzene rings is 2. The third-order valence-electron chi connectivity index (χ3n) is 12.0. The Hall–Kier alpha value is -7.49. The molecule has 26 nitrogen and oxygen atoms in total. The first kappa shape index (κ1) is 50.4. The molecule has 0 bridgehead atoms. The van der Waals surface area contributed by atoms with E-state index in [9.17, 15) is 49.7 Å². The average Bonchev–Trinajstić information content (AvgIpc) is 3.92. The van der Waals surface area contributed by atoms with Gasteiger partial charge in [-0.2, -0.15) is 0 Å². The lowest BCUT2D eigenvalue weighted by molar-refractivity contribution is -0.387. The summed E-state index contributed by atoms with van der Waals surface area (Å²) in [7, 11) is 8.25. The van der Waals surface area contributed by atoms with E-state index >= 15 is 0 Å². The lowest BCUT2D eigenvalue weighted by Crippen LogP contribution is -2.61. The molecule has 26 heteroatoms. The van der Waals surface area contributed by atoms with E-state index in [1.54, 1.807) is 55.6 Å². The number of aliphatic carboxylic acids is 1. The number of aryl methyl sites for hydroxylation is 1. The largest absolute Gasteiger partial charge is 0.479 e. The number of likely N-dealkylation sites (N-methyl/N-ethyl adjacent to an activating group) is 3. The van der Waals surface area contributed by atoms with E-state index in [0.29, 0.717) is 52.5 Å². The van der Waals surface area contributed by atoms with Gasteiger partial charge in [-0.05, 0) is 37.7 Å². The maximum Gasteiger partial charge on any atom is 0.409 e. The molecule has 0 spiro atoms. The molecule has 0 radical (unpaired) electrons. The predicted molar refractivity (Wildman–Crippen MR) is 247 cm³/mol. The summed E-state index contributed by atoms with van der Waals surface area (Å²) in [6.45, 7) is 4.44. The first-order chi connectivity index (χ1) is 33.3. The predicted octanol–water partition coefficient (Wildman–Crippen LogP) is 1.51. The zero-order valence-electron chi connectivity index (χ0n) is 39.0. The number of amides is 3. The van der Waals surface area contributed by atoms with Gasteiger partial charge in [0.1, 0.15) is 30.6 Å². The van der Waals surface area contributed by atoms with Crippen LogP contribution in [-0.4, -0.2) is 198 Å². The van der Waals surface area contributed by atoms with Crippen LogP contribution in [0.3, 0.4) is 0 Å². The maximum atomic E-state index is 14.5. The van der Waals surface area contributed by atoms with Crippen molar-refractivity contribution in [2.45, 2.75) is 50.3 Å². The molecule has 2 aliphatic heterocycles. The molecule has 374 valence electrons. The Labute approximate surface area is 399 Å². The van der Waals surface area contributed by atoms with Crippen molar-refractivity contribution in [1.29, 1.82) is 0 Å². The minimum absolute atomic E-state index is 0.00395. The fourth-order valence-electron chi connectivity index (χ4n) is 7.84. The summed E-state index contributed by atoms with van der Waals surface area (Å²) >= 11 is 0. The monoisotopic (exact) mass is 974 g/mol. The highest BCUT2D eigenvalue weighted by Gasteiger charge is 2.48. The van der Waals surface area contributed by atoms with Gasteiger partial charge in [0.15, 0.2) is 11.9 Å². The Morgan fingerprint density at radius 1 is 0.971 bits per heavy atom. The smallest absolute Gasteiger partial charge is 0.409 e. The number of carboxylic acid groups (broad SMARTS) is 1. The van der Waals surface area contributed by atoms with Gasteiger partial charge < -0.3 is 64.7 Å². The van der Waals surface area contributed by atoms with Gasteiger partial charge >= 0.3 is 23.8 Å². The maximum absolute atomic E-state index is 14.5. The summed E-state index contributed by atoms with van der Waals surface area (Å²) in [5, 5.41) is 62.8. The number of carbonyl (C=O) groups excluding carboxylic acids is 3. The second kappa shape index (κ2) is 21.4. The molecule has 0 unspecified atom stereocenters. The second-order valence-electron chi connectivity index (χ2n) is 16.8. The summed E-state index contributed by atoms with van der Waals surface area (Å²) in [6.07, 6.45) is -5.80. The number of fused-ring (bicyclic) bond motifs is 1. The third kappa shape index (κ3) is 11.0. The van der Waals surface area contributed by atoms with Crippen LogP contribution in [0.25, 0.3) is 22.2 Å². The van der Waals surface area contributed by atoms with Gasteiger partial charge in [-0.15, -0.1) is 5.10 Å². The van der Waals surface area contributed by atoms with E-state index in [1.165, 1.54) is 34.6 Å². The van der Waals surface area contributed by atoms with Crippen molar-refractivity contribution in [2.75, 3.05) is 78.2 Å². The van der Waals surface area contributed by atoms with Gasteiger partial charge in [-0.3, -0.25) is 29.1 Å². The highest BCUT2D eigenvalue weighted by atomic mass is 16.7. The molecule has 5 heterocycles. The van der Waals surface area contributed by atoms with Crippen molar-refractivity contribution < 1.29 is 63.5 Å². The molecule has 5 aromatic rings. The van der Waals surface area contributed by atoms with E-state index in [4.69, 9.17) is 23.9 Å². The van der Waals surface area contributed by atoms with E-state index in [1.807, 2.05) is 20.0 Å². The van der Waals surface area contributed by atoms with Gasteiger partial charge in [0.05, 0.1) is 41.2 Å². The summed E-state index contributed by atoms with van der Waals surface area (Å²) in [5.41, 5.74) is 1.80.